The first-order valence-corrected chi connectivity index (χ1v) is 4.59. The van der Waals surface area contributed by atoms with Gasteiger partial charge in [-0.15, -0.1) is 0 Å². The number of esters is 1. The summed E-state index contributed by atoms with van der Waals surface area (Å²) in [5.74, 6) is 0.401. The molecule has 1 aromatic carbocycles. The summed E-state index contributed by atoms with van der Waals surface area (Å²) < 4.78 is 15.2. The minimum Gasteiger partial charge on any atom is -0.462 e. The van der Waals surface area contributed by atoms with Crippen molar-refractivity contribution in [3.63, 3.8) is 0 Å². The van der Waals surface area contributed by atoms with Crippen LogP contribution >= 0.6 is 0 Å². The van der Waals surface area contributed by atoms with Crippen molar-refractivity contribution in [1.82, 2.24) is 0 Å². The number of hydrogen-bond acceptors (Lipinski definition) is 5. The van der Waals surface area contributed by atoms with Crippen molar-refractivity contribution in [3.05, 3.63) is 17.7 Å². The average molecular weight is 209 g/mol. The monoisotopic (exact) mass is 209 g/mol. The summed E-state index contributed by atoms with van der Waals surface area (Å²) in [6.07, 6.45) is 0. The highest BCUT2D eigenvalue weighted by Crippen LogP contribution is 2.38. The van der Waals surface area contributed by atoms with Gasteiger partial charge >= 0.3 is 5.97 Å². The number of ether oxygens (including phenoxy) is 3. The summed E-state index contributed by atoms with van der Waals surface area (Å²) in [6, 6.07) is 3.26. The molecule has 2 rings (SSSR count). The van der Waals surface area contributed by atoms with Crippen LogP contribution in [0.25, 0.3) is 0 Å². The zero-order chi connectivity index (χ0) is 10.8. The Hall–Kier alpha value is -1.91. The van der Waals surface area contributed by atoms with Crippen LogP contribution in [-0.4, -0.2) is 19.4 Å². The molecule has 0 bridgehead atoms. The van der Waals surface area contributed by atoms with Crippen molar-refractivity contribution >= 4 is 11.7 Å². The van der Waals surface area contributed by atoms with Crippen LogP contribution in [0, 0.1) is 0 Å². The first kappa shape index (κ1) is 9.64. The SMILES string of the molecule is CCOC(=O)c1c(N)ccc2c1OCO2. The fourth-order valence-electron chi connectivity index (χ4n) is 1.40. The van der Waals surface area contributed by atoms with E-state index in [1.165, 1.54) is 0 Å². The van der Waals surface area contributed by atoms with Gasteiger partial charge in [0.1, 0.15) is 5.56 Å². The van der Waals surface area contributed by atoms with Crippen molar-refractivity contribution in [1.29, 1.82) is 0 Å². The van der Waals surface area contributed by atoms with Crippen LogP contribution in [0.5, 0.6) is 11.5 Å². The second-order valence-electron chi connectivity index (χ2n) is 2.98. The Kier molecular flexibility index (Phi) is 2.37. The lowest BCUT2D eigenvalue weighted by Crippen LogP contribution is -2.09. The molecule has 2 N–H and O–H groups in total. The molecule has 0 aliphatic carbocycles. The van der Waals surface area contributed by atoms with Gasteiger partial charge in [-0.1, -0.05) is 0 Å². The van der Waals surface area contributed by atoms with E-state index in [4.69, 9.17) is 19.9 Å². The second kappa shape index (κ2) is 3.68. The first-order valence-electron chi connectivity index (χ1n) is 4.59. The molecular formula is C10H11NO4. The summed E-state index contributed by atoms with van der Waals surface area (Å²) in [5, 5.41) is 0. The van der Waals surface area contributed by atoms with Crippen molar-refractivity contribution in [2.75, 3.05) is 19.1 Å². The average Bonchev–Trinajstić information content (AvgIpc) is 2.65. The lowest BCUT2D eigenvalue weighted by molar-refractivity contribution is 0.0523. The molecule has 5 nitrogen and oxygen atoms in total. The Bertz CT molecular complexity index is 403. The lowest BCUT2D eigenvalue weighted by Gasteiger charge is -2.07. The van der Waals surface area contributed by atoms with Crippen molar-refractivity contribution in [2.24, 2.45) is 0 Å². The van der Waals surface area contributed by atoms with Gasteiger partial charge in [0.25, 0.3) is 0 Å². The molecule has 15 heavy (non-hydrogen) atoms. The number of carbonyl (C=O) groups excluding carboxylic acids is 1. The molecule has 1 heterocycles. The number of anilines is 1. The van der Waals surface area contributed by atoms with E-state index in [0.29, 0.717) is 23.8 Å². The molecule has 0 fully saturated rings. The van der Waals surface area contributed by atoms with Gasteiger partial charge in [0, 0.05) is 0 Å². The molecule has 0 atom stereocenters. The number of rotatable bonds is 2. The predicted octanol–water partition coefficient (Wildman–Crippen LogP) is 1.17. The zero-order valence-electron chi connectivity index (χ0n) is 8.28. The maximum Gasteiger partial charge on any atom is 0.344 e. The van der Waals surface area contributed by atoms with Crippen LogP contribution in [0.2, 0.25) is 0 Å². The van der Waals surface area contributed by atoms with E-state index >= 15 is 0 Å². The van der Waals surface area contributed by atoms with E-state index in [1.54, 1.807) is 19.1 Å². The smallest absolute Gasteiger partial charge is 0.344 e. The maximum atomic E-state index is 11.6. The highest BCUT2D eigenvalue weighted by molar-refractivity contribution is 5.99. The van der Waals surface area contributed by atoms with Gasteiger partial charge in [-0.25, -0.2) is 4.79 Å². The molecule has 0 saturated heterocycles. The third-order valence-electron chi connectivity index (χ3n) is 2.05. The fraction of sp³-hybridized carbons (Fsp3) is 0.300. The third-order valence-corrected chi connectivity index (χ3v) is 2.05. The lowest BCUT2D eigenvalue weighted by atomic mass is 10.1. The minimum absolute atomic E-state index is 0.102. The van der Waals surface area contributed by atoms with Gasteiger partial charge in [-0.05, 0) is 19.1 Å². The Morgan fingerprint density at radius 1 is 1.53 bits per heavy atom. The van der Waals surface area contributed by atoms with Crippen molar-refractivity contribution in [3.8, 4) is 11.5 Å². The van der Waals surface area contributed by atoms with Crippen molar-refractivity contribution in [2.45, 2.75) is 6.92 Å². The molecule has 0 amide bonds. The number of hydrogen-bond donors (Lipinski definition) is 1. The van der Waals surface area contributed by atoms with E-state index in [0.717, 1.165) is 0 Å². The summed E-state index contributed by atoms with van der Waals surface area (Å²) in [6.45, 7) is 2.13. The van der Waals surface area contributed by atoms with Crippen LogP contribution in [0.3, 0.4) is 0 Å². The number of benzene rings is 1. The summed E-state index contributed by atoms with van der Waals surface area (Å²) in [4.78, 5) is 11.6. The molecule has 0 saturated carbocycles. The second-order valence-corrected chi connectivity index (χ2v) is 2.98. The van der Waals surface area contributed by atoms with Crippen LogP contribution in [0.4, 0.5) is 5.69 Å². The summed E-state index contributed by atoms with van der Waals surface area (Å²) in [5.41, 5.74) is 6.26. The molecule has 80 valence electrons. The molecule has 0 spiro atoms. The molecule has 0 unspecified atom stereocenters. The first-order chi connectivity index (χ1) is 7.24. The summed E-state index contributed by atoms with van der Waals surface area (Å²) in [7, 11) is 0. The van der Waals surface area contributed by atoms with Crippen LogP contribution in [0.1, 0.15) is 17.3 Å². The van der Waals surface area contributed by atoms with Gasteiger partial charge in [-0.2, -0.15) is 0 Å². The third kappa shape index (κ3) is 1.56. The largest absolute Gasteiger partial charge is 0.462 e. The molecule has 1 aliphatic heterocycles. The molecule has 5 heteroatoms. The van der Waals surface area contributed by atoms with E-state index in [2.05, 4.69) is 0 Å². The maximum absolute atomic E-state index is 11.6. The Morgan fingerprint density at radius 2 is 2.33 bits per heavy atom. The highest BCUT2D eigenvalue weighted by Gasteiger charge is 2.25. The molecule has 1 aromatic rings. The van der Waals surface area contributed by atoms with Crippen molar-refractivity contribution < 1.29 is 19.0 Å². The van der Waals surface area contributed by atoms with Gasteiger partial charge in [-0.3, -0.25) is 0 Å². The number of nitrogens with two attached hydrogens (primary N) is 1. The number of carbonyl (C=O) groups is 1. The minimum atomic E-state index is -0.489. The van der Waals surface area contributed by atoms with Gasteiger partial charge in [0.15, 0.2) is 11.5 Å². The van der Waals surface area contributed by atoms with E-state index in [-0.39, 0.29) is 12.4 Å². The zero-order valence-corrected chi connectivity index (χ0v) is 8.28. The van der Waals surface area contributed by atoms with Gasteiger partial charge in [0.2, 0.25) is 6.79 Å². The predicted molar refractivity (Wildman–Crippen MR) is 52.9 cm³/mol. The van der Waals surface area contributed by atoms with Gasteiger partial charge in [0.05, 0.1) is 12.3 Å². The van der Waals surface area contributed by atoms with Crippen LogP contribution < -0.4 is 15.2 Å². The Morgan fingerprint density at radius 3 is 3.07 bits per heavy atom. The Balaban J connectivity index is 2.45. The number of fused-ring (bicyclic) bond motifs is 1. The highest BCUT2D eigenvalue weighted by atomic mass is 16.7. The molecular weight excluding hydrogens is 198 g/mol. The van der Waals surface area contributed by atoms with Crippen LogP contribution in [0.15, 0.2) is 12.1 Å². The Labute approximate surface area is 86.7 Å². The summed E-state index contributed by atoms with van der Waals surface area (Å²) >= 11 is 0. The molecule has 0 aromatic heterocycles. The van der Waals surface area contributed by atoms with E-state index in [1.807, 2.05) is 0 Å². The molecule has 1 aliphatic rings. The van der Waals surface area contributed by atoms with E-state index < -0.39 is 5.97 Å². The fourth-order valence-corrected chi connectivity index (χ4v) is 1.40. The quantitative estimate of drug-likeness (QED) is 0.584. The molecule has 0 radical (unpaired) electrons. The van der Waals surface area contributed by atoms with Crippen LogP contribution in [-0.2, 0) is 4.74 Å². The topological polar surface area (TPSA) is 70.8 Å². The van der Waals surface area contributed by atoms with E-state index in [9.17, 15) is 4.79 Å². The van der Waals surface area contributed by atoms with Gasteiger partial charge < -0.3 is 19.9 Å². The number of nitrogen functional groups attached to an aromatic ring is 1. The standard InChI is InChI=1S/C10H11NO4/c1-2-13-10(12)8-6(11)3-4-7-9(8)15-5-14-7/h3-4H,2,5,11H2,1H3. The normalized spacial score (nSPS) is 12.6.